The fraction of sp³-hybridized carbons (Fsp3) is 0.400. The molecule has 7 heteroatoms. The van der Waals surface area contributed by atoms with Crippen LogP contribution in [0.15, 0.2) is 42.5 Å². The van der Waals surface area contributed by atoms with E-state index in [1.54, 1.807) is 26.4 Å². The summed E-state index contributed by atoms with van der Waals surface area (Å²) in [6.45, 7) is 8.81. The van der Waals surface area contributed by atoms with Crippen molar-refractivity contribution in [1.29, 1.82) is 0 Å². The smallest absolute Gasteiger partial charge is 0.258 e. The Hall–Kier alpha value is -3.32. The first-order valence-electron chi connectivity index (χ1n) is 12.6. The van der Waals surface area contributed by atoms with Gasteiger partial charge in [-0.25, -0.2) is 0 Å². The second kappa shape index (κ2) is 11.0. The molecule has 2 aromatic carbocycles. The lowest BCUT2D eigenvalue weighted by atomic mass is 9.72. The van der Waals surface area contributed by atoms with E-state index in [1.807, 2.05) is 37.3 Å². The highest BCUT2D eigenvalue weighted by Crippen LogP contribution is 2.44. The predicted octanol–water partition coefficient (Wildman–Crippen LogP) is 6.66. The summed E-state index contributed by atoms with van der Waals surface area (Å²) in [5, 5.41) is 6.74. The lowest BCUT2D eigenvalue weighted by Crippen LogP contribution is -2.27. The third kappa shape index (κ3) is 6.16. The van der Waals surface area contributed by atoms with Crippen LogP contribution in [-0.4, -0.2) is 26.0 Å². The molecular formula is C30H36N2O4S. The number of thiophene rings is 1. The van der Waals surface area contributed by atoms with Gasteiger partial charge in [-0.15, -0.1) is 11.3 Å². The van der Waals surface area contributed by atoms with Crippen molar-refractivity contribution in [2.45, 2.75) is 53.4 Å². The zero-order valence-electron chi connectivity index (χ0n) is 22.5. The fourth-order valence-electron chi connectivity index (χ4n) is 4.92. The molecule has 3 aromatic rings. The van der Waals surface area contributed by atoms with Crippen LogP contribution in [0.2, 0.25) is 0 Å². The number of benzene rings is 2. The molecule has 6 nitrogen and oxygen atoms in total. The van der Waals surface area contributed by atoms with Gasteiger partial charge in [0.1, 0.15) is 5.00 Å². The van der Waals surface area contributed by atoms with Crippen molar-refractivity contribution in [2.24, 2.45) is 11.3 Å². The number of hydrogen-bond donors (Lipinski definition) is 2. The van der Waals surface area contributed by atoms with Crippen molar-refractivity contribution in [3.63, 3.8) is 0 Å². The number of fused-ring (bicyclic) bond motifs is 1. The van der Waals surface area contributed by atoms with Crippen LogP contribution >= 0.6 is 11.3 Å². The molecule has 0 bridgehead atoms. The lowest BCUT2D eigenvalue weighted by molar-refractivity contribution is -0.115. The molecule has 0 aliphatic heterocycles. The maximum Gasteiger partial charge on any atom is 0.258 e. The summed E-state index contributed by atoms with van der Waals surface area (Å²) in [6.07, 6.45) is 2.93. The Morgan fingerprint density at radius 1 is 1.03 bits per heavy atom. The van der Waals surface area contributed by atoms with Gasteiger partial charge >= 0.3 is 0 Å². The zero-order valence-corrected chi connectivity index (χ0v) is 23.3. The van der Waals surface area contributed by atoms with E-state index in [4.69, 9.17) is 9.47 Å². The Kier molecular flexibility index (Phi) is 7.93. The highest BCUT2D eigenvalue weighted by molar-refractivity contribution is 7.17. The third-order valence-electron chi connectivity index (χ3n) is 7.06. The van der Waals surface area contributed by atoms with Gasteiger partial charge in [0, 0.05) is 10.6 Å². The molecule has 1 heterocycles. The highest BCUT2D eigenvalue weighted by atomic mass is 32.1. The summed E-state index contributed by atoms with van der Waals surface area (Å²) >= 11 is 1.54. The van der Waals surface area contributed by atoms with E-state index in [-0.39, 0.29) is 23.7 Å². The molecule has 0 saturated heterocycles. The van der Waals surface area contributed by atoms with Gasteiger partial charge in [-0.3, -0.25) is 9.59 Å². The molecule has 0 saturated carbocycles. The Morgan fingerprint density at radius 3 is 2.46 bits per heavy atom. The topological polar surface area (TPSA) is 76.7 Å². The molecule has 1 unspecified atom stereocenters. The Labute approximate surface area is 223 Å². The molecule has 1 atom stereocenters. The van der Waals surface area contributed by atoms with E-state index in [9.17, 15) is 9.59 Å². The minimum atomic E-state index is -0.182. The largest absolute Gasteiger partial charge is 0.493 e. The van der Waals surface area contributed by atoms with Crippen LogP contribution in [-0.2, 0) is 24.1 Å². The van der Waals surface area contributed by atoms with Crippen LogP contribution in [0.3, 0.4) is 0 Å². The van der Waals surface area contributed by atoms with E-state index in [0.717, 1.165) is 41.6 Å². The molecule has 1 aliphatic rings. The van der Waals surface area contributed by atoms with Gasteiger partial charge in [0.2, 0.25) is 5.91 Å². The van der Waals surface area contributed by atoms with E-state index in [1.165, 1.54) is 16.2 Å². The van der Waals surface area contributed by atoms with Gasteiger partial charge in [0.15, 0.2) is 11.5 Å². The normalized spacial score (nSPS) is 15.0. The van der Waals surface area contributed by atoms with E-state index >= 15 is 0 Å². The maximum absolute atomic E-state index is 13.6. The minimum absolute atomic E-state index is 0.159. The molecular weight excluding hydrogens is 484 g/mol. The van der Waals surface area contributed by atoms with Crippen molar-refractivity contribution in [3.05, 3.63) is 69.6 Å². The van der Waals surface area contributed by atoms with Crippen molar-refractivity contribution in [1.82, 2.24) is 0 Å². The SMILES string of the molecule is COc1ccc(CC(=O)Nc2sc3c(c2C(=O)Nc2cccc(C)c2)CCC(C(C)(C)C)C3)cc1OC. The molecule has 37 heavy (non-hydrogen) atoms. The van der Waals surface area contributed by atoms with E-state index < -0.39 is 0 Å². The van der Waals surface area contributed by atoms with Gasteiger partial charge in [0.25, 0.3) is 5.91 Å². The number of anilines is 2. The standard InChI is InChI=1S/C30H36N2O4S/c1-18-8-7-9-21(14-18)31-28(34)27-22-12-11-20(30(2,3)4)17-25(22)37-29(27)32-26(33)16-19-10-13-23(35-5)24(15-19)36-6/h7-10,13-15,20H,11-12,16-17H2,1-6H3,(H,31,34)(H,32,33). The summed E-state index contributed by atoms with van der Waals surface area (Å²) in [5.74, 6) is 1.36. The van der Waals surface area contributed by atoms with E-state index in [0.29, 0.717) is 28.0 Å². The minimum Gasteiger partial charge on any atom is -0.493 e. The Balaban J connectivity index is 1.62. The number of methoxy groups -OCH3 is 2. The highest BCUT2D eigenvalue weighted by Gasteiger charge is 2.34. The van der Waals surface area contributed by atoms with Crippen molar-refractivity contribution in [2.75, 3.05) is 24.9 Å². The number of hydrogen-bond acceptors (Lipinski definition) is 5. The van der Waals surface area contributed by atoms with Gasteiger partial charge in [-0.2, -0.15) is 0 Å². The van der Waals surface area contributed by atoms with Crippen molar-refractivity contribution < 1.29 is 19.1 Å². The molecule has 2 amide bonds. The van der Waals surface area contributed by atoms with Crippen LogP contribution in [0.25, 0.3) is 0 Å². The zero-order chi connectivity index (χ0) is 26.7. The van der Waals surface area contributed by atoms with Gasteiger partial charge in [-0.1, -0.05) is 39.0 Å². The van der Waals surface area contributed by atoms with Crippen molar-refractivity contribution >= 4 is 33.8 Å². The first-order chi connectivity index (χ1) is 17.6. The summed E-state index contributed by atoms with van der Waals surface area (Å²) in [4.78, 5) is 27.9. The van der Waals surface area contributed by atoms with Crippen molar-refractivity contribution in [3.8, 4) is 11.5 Å². The van der Waals surface area contributed by atoms with E-state index in [2.05, 4.69) is 31.4 Å². The molecule has 1 aliphatic carbocycles. The molecule has 0 fully saturated rings. The first kappa shape index (κ1) is 26.7. The van der Waals surface area contributed by atoms with Gasteiger partial charge in [0.05, 0.1) is 26.2 Å². The Morgan fingerprint density at radius 2 is 1.78 bits per heavy atom. The summed E-state index contributed by atoms with van der Waals surface area (Å²) in [6, 6.07) is 13.2. The first-order valence-corrected chi connectivity index (χ1v) is 13.4. The second-order valence-electron chi connectivity index (χ2n) is 10.8. The lowest BCUT2D eigenvalue weighted by Gasteiger charge is -2.33. The third-order valence-corrected chi connectivity index (χ3v) is 8.23. The number of ether oxygens (including phenoxy) is 2. The van der Waals surface area contributed by atoms with Gasteiger partial charge < -0.3 is 20.1 Å². The Bertz CT molecular complexity index is 1310. The molecule has 196 valence electrons. The number of amides is 2. The average molecular weight is 521 g/mol. The van der Waals surface area contributed by atoms with Crippen LogP contribution in [0.1, 0.15) is 59.1 Å². The summed E-state index contributed by atoms with van der Waals surface area (Å²) in [7, 11) is 3.15. The summed E-state index contributed by atoms with van der Waals surface area (Å²) < 4.78 is 10.7. The number of aryl methyl sites for hydroxylation is 1. The van der Waals surface area contributed by atoms with Crippen LogP contribution in [0.5, 0.6) is 11.5 Å². The molecule has 4 rings (SSSR count). The quantitative estimate of drug-likeness (QED) is 0.365. The number of nitrogens with one attached hydrogen (secondary N) is 2. The maximum atomic E-state index is 13.6. The molecule has 0 spiro atoms. The number of carbonyl (C=O) groups is 2. The second-order valence-corrected chi connectivity index (χ2v) is 11.9. The summed E-state index contributed by atoms with van der Waals surface area (Å²) in [5.41, 5.74) is 4.46. The fourth-order valence-corrected chi connectivity index (χ4v) is 6.26. The van der Waals surface area contributed by atoms with Gasteiger partial charge in [-0.05, 0) is 78.5 Å². The monoisotopic (exact) mass is 520 g/mol. The predicted molar refractivity (Wildman–Crippen MR) is 150 cm³/mol. The molecule has 0 radical (unpaired) electrons. The van der Waals surface area contributed by atoms with Crippen LogP contribution in [0, 0.1) is 18.3 Å². The number of rotatable bonds is 7. The molecule has 2 N–H and O–H groups in total. The number of carbonyl (C=O) groups excluding carboxylic acids is 2. The molecule has 1 aromatic heterocycles. The van der Waals surface area contributed by atoms with Crippen LogP contribution in [0.4, 0.5) is 10.7 Å². The average Bonchev–Trinajstić information content (AvgIpc) is 3.20. The van der Waals surface area contributed by atoms with Crippen LogP contribution < -0.4 is 20.1 Å².